The van der Waals surface area contributed by atoms with Crippen LogP contribution in [0, 0.1) is 13.8 Å². The van der Waals surface area contributed by atoms with E-state index in [1.54, 1.807) is 11.3 Å². The van der Waals surface area contributed by atoms with Gasteiger partial charge in [0, 0.05) is 22.0 Å². The summed E-state index contributed by atoms with van der Waals surface area (Å²) in [7, 11) is 0. The third-order valence-corrected chi connectivity index (χ3v) is 5.92. The van der Waals surface area contributed by atoms with Gasteiger partial charge in [0.2, 0.25) is 0 Å². The smallest absolute Gasteiger partial charge is 0.339 e. The second-order valence-corrected chi connectivity index (χ2v) is 7.87. The molecule has 0 fully saturated rings. The summed E-state index contributed by atoms with van der Waals surface area (Å²) in [5, 5.41) is 3.69. The van der Waals surface area contributed by atoms with Crippen molar-refractivity contribution in [1.82, 2.24) is 9.97 Å². The van der Waals surface area contributed by atoms with Crippen molar-refractivity contribution < 1.29 is 9.53 Å². The third kappa shape index (κ3) is 3.91. The molecule has 29 heavy (non-hydrogen) atoms. The Labute approximate surface area is 174 Å². The minimum absolute atomic E-state index is 0.152. The summed E-state index contributed by atoms with van der Waals surface area (Å²) in [6.07, 6.45) is 0.767. The first-order valence-electron chi connectivity index (χ1n) is 9.63. The van der Waals surface area contributed by atoms with Crippen LogP contribution in [0.5, 0.6) is 0 Å². The fraction of sp³-hybridized carbons (Fsp3) is 0.208. The second-order valence-electron chi connectivity index (χ2n) is 7.02. The van der Waals surface area contributed by atoms with Gasteiger partial charge >= 0.3 is 5.97 Å². The van der Waals surface area contributed by atoms with Crippen molar-refractivity contribution in [2.75, 3.05) is 0 Å². The van der Waals surface area contributed by atoms with E-state index in [-0.39, 0.29) is 12.6 Å². The minimum atomic E-state index is -0.333. The molecule has 0 N–H and O–H groups in total. The summed E-state index contributed by atoms with van der Waals surface area (Å²) in [5.74, 6) is -0.333. The summed E-state index contributed by atoms with van der Waals surface area (Å²) < 4.78 is 5.65. The van der Waals surface area contributed by atoms with Crippen molar-refractivity contribution in [2.24, 2.45) is 0 Å². The van der Waals surface area contributed by atoms with E-state index in [9.17, 15) is 4.79 Å². The Morgan fingerprint density at radius 3 is 2.55 bits per heavy atom. The number of rotatable bonds is 5. The van der Waals surface area contributed by atoms with Gasteiger partial charge in [-0.1, -0.05) is 55.0 Å². The molecule has 0 atom stereocenters. The molecule has 0 unspecified atom stereocenters. The van der Waals surface area contributed by atoms with Gasteiger partial charge in [-0.2, -0.15) is 0 Å². The number of aryl methyl sites for hydroxylation is 2. The van der Waals surface area contributed by atoms with Crippen LogP contribution >= 0.6 is 11.3 Å². The number of aromatic nitrogens is 2. The lowest BCUT2D eigenvalue weighted by molar-refractivity contribution is 0.0470. The van der Waals surface area contributed by atoms with E-state index in [0.29, 0.717) is 5.56 Å². The van der Waals surface area contributed by atoms with Gasteiger partial charge in [-0.05, 0) is 31.9 Å². The van der Waals surface area contributed by atoms with Crippen LogP contribution < -0.4 is 0 Å². The van der Waals surface area contributed by atoms with Crippen LogP contribution in [0.1, 0.15) is 39.8 Å². The monoisotopic (exact) mass is 402 g/mol. The number of esters is 1. The lowest BCUT2D eigenvalue weighted by Gasteiger charge is -2.13. The molecule has 0 amide bonds. The van der Waals surface area contributed by atoms with Crippen LogP contribution in [0.2, 0.25) is 0 Å². The minimum Gasteiger partial charge on any atom is -0.456 e. The van der Waals surface area contributed by atoms with Gasteiger partial charge in [-0.25, -0.2) is 9.78 Å². The zero-order valence-corrected chi connectivity index (χ0v) is 17.5. The van der Waals surface area contributed by atoms with Crippen LogP contribution in [-0.4, -0.2) is 15.9 Å². The van der Waals surface area contributed by atoms with Gasteiger partial charge in [-0.3, -0.25) is 4.98 Å². The predicted molar refractivity (Wildman–Crippen MR) is 117 cm³/mol. The van der Waals surface area contributed by atoms with Crippen molar-refractivity contribution in [3.63, 3.8) is 0 Å². The molecule has 2 heterocycles. The number of ether oxygens (including phenoxy) is 1. The molecular formula is C24H22N2O2S. The zero-order chi connectivity index (χ0) is 20.4. The predicted octanol–water partition coefficient (Wildman–Crippen LogP) is 5.89. The fourth-order valence-corrected chi connectivity index (χ4v) is 4.19. The molecule has 2 aromatic heterocycles. The van der Waals surface area contributed by atoms with Gasteiger partial charge in [0.25, 0.3) is 0 Å². The molecule has 0 aliphatic carbocycles. The number of carbonyl (C=O) groups is 1. The number of benzene rings is 2. The lowest BCUT2D eigenvalue weighted by Crippen LogP contribution is -2.11. The number of nitrogens with zero attached hydrogens (tertiary/aromatic N) is 2. The Morgan fingerprint density at radius 2 is 1.79 bits per heavy atom. The van der Waals surface area contributed by atoms with Gasteiger partial charge in [-0.15, -0.1) is 11.3 Å². The van der Waals surface area contributed by atoms with Crippen LogP contribution in [0.25, 0.3) is 21.5 Å². The van der Waals surface area contributed by atoms with Gasteiger partial charge in [0.15, 0.2) is 0 Å². The standard InChI is InChI=1S/C24H22N2O2S/c1-4-20-16(3)22(19-7-5-6-8-21(19)26-20)24(27)28-13-18-14-29-23(25-18)17-11-9-15(2)10-12-17/h5-12,14H,4,13H2,1-3H3. The van der Waals surface area contributed by atoms with Crippen LogP contribution in [-0.2, 0) is 17.8 Å². The summed E-state index contributed by atoms with van der Waals surface area (Å²) in [6.45, 7) is 6.19. The molecule has 0 aliphatic rings. The molecule has 4 aromatic rings. The van der Waals surface area contributed by atoms with Crippen molar-refractivity contribution in [3.05, 3.63) is 82.0 Å². The highest BCUT2D eigenvalue weighted by Crippen LogP contribution is 2.26. The molecule has 0 aliphatic heterocycles. The number of hydrogen-bond acceptors (Lipinski definition) is 5. The maximum Gasteiger partial charge on any atom is 0.339 e. The molecular weight excluding hydrogens is 380 g/mol. The van der Waals surface area contributed by atoms with E-state index in [2.05, 4.69) is 41.2 Å². The highest BCUT2D eigenvalue weighted by atomic mass is 32.1. The summed E-state index contributed by atoms with van der Waals surface area (Å²) in [5.41, 5.74) is 6.26. The van der Waals surface area contributed by atoms with E-state index in [0.717, 1.165) is 44.8 Å². The van der Waals surface area contributed by atoms with E-state index < -0.39 is 0 Å². The van der Waals surface area contributed by atoms with Crippen molar-refractivity contribution in [2.45, 2.75) is 33.8 Å². The number of pyridine rings is 1. The molecule has 0 radical (unpaired) electrons. The van der Waals surface area contributed by atoms with Gasteiger partial charge < -0.3 is 4.74 Å². The van der Waals surface area contributed by atoms with Gasteiger partial charge in [0.1, 0.15) is 11.6 Å². The molecule has 2 aromatic carbocycles. The third-order valence-electron chi connectivity index (χ3n) is 4.98. The van der Waals surface area contributed by atoms with Crippen molar-refractivity contribution >= 4 is 28.2 Å². The first kappa shape index (κ1) is 19.3. The number of carbonyl (C=O) groups excluding carboxylic acids is 1. The number of fused-ring (bicyclic) bond motifs is 1. The quantitative estimate of drug-likeness (QED) is 0.390. The second kappa shape index (κ2) is 8.13. The van der Waals surface area contributed by atoms with Gasteiger partial charge in [0.05, 0.1) is 16.8 Å². The van der Waals surface area contributed by atoms with Crippen molar-refractivity contribution in [1.29, 1.82) is 0 Å². The summed E-state index contributed by atoms with van der Waals surface area (Å²) in [6, 6.07) is 16.0. The molecule has 4 nitrogen and oxygen atoms in total. The van der Waals surface area contributed by atoms with Crippen LogP contribution in [0.3, 0.4) is 0 Å². The topological polar surface area (TPSA) is 52.1 Å². The molecule has 146 valence electrons. The average molecular weight is 403 g/mol. The lowest BCUT2D eigenvalue weighted by atomic mass is 10.0. The molecule has 0 saturated carbocycles. The molecule has 0 saturated heterocycles. The molecule has 5 heteroatoms. The first-order chi connectivity index (χ1) is 14.1. The van der Waals surface area contributed by atoms with E-state index in [1.807, 2.05) is 43.5 Å². The van der Waals surface area contributed by atoms with E-state index in [4.69, 9.17) is 4.74 Å². The number of thiazole rings is 1. The Hall–Kier alpha value is -3.05. The maximum absolute atomic E-state index is 13.0. The normalized spacial score (nSPS) is 11.0. The molecule has 4 rings (SSSR count). The Kier molecular flexibility index (Phi) is 5.41. The SMILES string of the molecule is CCc1nc2ccccc2c(C(=O)OCc2csc(-c3ccc(C)cc3)n2)c1C. The Bertz CT molecular complexity index is 1180. The number of hydrogen-bond donors (Lipinski definition) is 0. The Balaban J connectivity index is 1.56. The number of para-hydroxylation sites is 1. The molecule has 0 spiro atoms. The highest BCUT2D eigenvalue weighted by Gasteiger charge is 2.19. The summed E-state index contributed by atoms with van der Waals surface area (Å²) >= 11 is 1.56. The van der Waals surface area contributed by atoms with Crippen LogP contribution in [0.15, 0.2) is 53.9 Å². The van der Waals surface area contributed by atoms with E-state index in [1.165, 1.54) is 5.56 Å². The fourth-order valence-electron chi connectivity index (χ4n) is 3.38. The van der Waals surface area contributed by atoms with Crippen molar-refractivity contribution in [3.8, 4) is 10.6 Å². The maximum atomic E-state index is 13.0. The zero-order valence-electron chi connectivity index (χ0n) is 16.7. The molecule has 0 bridgehead atoms. The largest absolute Gasteiger partial charge is 0.456 e. The van der Waals surface area contributed by atoms with Crippen LogP contribution in [0.4, 0.5) is 0 Å². The summed E-state index contributed by atoms with van der Waals surface area (Å²) in [4.78, 5) is 22.3. The Morgan fingerprint density at radius 1 is 1.03 bits per heavy atom. The highest BCUT2D eigenvalue weighted by molar-refractivity contribution is 7.13. The first-order valence-corrected chi connectivity index (χ1v) is 10.5. The average Bonchev–Trinajstić information content (AvgIpc) is 3.21. The van der Waals surface area contributed by atoms with E-state index >= 15 is 0 Å².